The molecule has 0 bridgehead atoms. The van der Waals surface area contributed by atoms with Gasteiger partial charge < -0.3 is 15.0 Å². The van der Waals surface area contributed by atoms with Crippen LogP contribution in [-0.4, -0.2) is 83.3 Å². The quantitative estimate of drug-likeness (QED) is 0.241. The molecule has 1 aliphatic heterocycles. The van der Waals surface area contributed by atoms with Gasteiger partial charge in [0.05, 0.1) is 12.9 Å². The van der Waals surface area contributed by atoms with Crippen molar-refractivity contribution in [3.05, 3.63) is 0 Å². The number of ether oxygens (including phenoxy) is 1. The van der Waals surface area contributed by atoms with E-state index < -0.39 is 10.0 Å². The maximum Gasteiger partial charge on any atom is 0.211 e. The van der Waals surface area contributed by atoms with E-state index >= 15 is 0 Å². The number of halogens is 1. The first-order chi connectivity index (χ1) is 11.4. The topological polar surface area (TPSA) is 74.2 Å². The number of hydrogen-bond acceptors (Lipinski definition) is 4. The zero-order valence-corrected chi connectivity index (χ0v) is 18.8. The van der Waals surface area contributed by atoms with Crippen LogP contribution >= 0.6 is 24.0 Å². The maximum absolute atomic E-state index is 11.5. The molecule has 7 nitrogen and oxygen atoms in total. The van der Waals surface area contributed by atoms with Gasteiger partial charge in [-0.15, -0.1) is 24.0 Å². The molecule has 0 aromatic carbocycles. The van der Waals surface area contributed by atoms with Crippen LogP contribution < -0.4 is 5.32 Å². The van der Waals surface area contributed by atoms with Gasteiger partial charge in [0.2, 0.25) is 10.0 Å². The van der Waals surface area contributed by atoms with Gasteiger partial charge in [-0.25, -0.2) is 12.7 Å². The average molecular weight is 488 g/mol. The van der Waals surface area contributed by atoms with E-state index in [-0.39, 0.29) is 24.0 Å². The molecule has 2 rings (SSSR count). The average Bonchev–Trinajstić information content (AvgIpc) is 3.36. The van der Waals surface area contributed by atoms with Crippen molar-refractivity contribution in [1.29, 1.82) is 0 Å². The zero-order chi connectivity index (χ0) is 17.6. The number of guanidine groups is 1. The molecule has 0 aromatic heterocycles. The van der Waals surface area contributed by atoms with Crippen molar-refractivity contribution in [2.75, 3.05) is 59.7 Å². The highest BCUT2D eigenvalue weighted by Gasteiger charge is 2.25. The van der Waals surface area contributed by atoms with E-state index in [2.05, 4.69) is 15.2 Å². The van der Waals surface area contributed by atoms with E-state index in [0.717, 1.165) is 51.0 Å². The normalized spacial score (nSPS) is 20.2. The van der Waals surface area contributed by atoms with Crippen LogP contribution in [-0.2, 0) is 14.8 Å². The molecular weight excluding hydrogens is 455 g/mol. The van der Waals surface area contributed by atoms with E-state index in [1.807, 2.05) is 7.05 Å². The molecule has 2 fully saturated rings. The summed E-state index contributed by atoms with van der Waals surface area (Å²) in [7, 11) is 0.758. The molecule has 0 spiro atoms. The third-order valence-electron chi connectivity index (χ3n) is 4.79. The van der Waals surface area contributed by atoms with Gasteiger partial charge in [0.15, 0.2) is 5.96 Å². The third-order valence-corrected chi connectivity index (χ3v) is 6.09. The van der Waals surface area contributed by atoms with E-state index in [4.69, 9.17) is 4.74 Å². The Morgan fingerprint density at radius 3 is 2.40 bits per heavy atom. The summed E-state index contributed by atoms with van der Waals surface area (Å²) in [6.45, 7) is 4.50. The van der Waals surface area contributed by atoms with Gasteiger partial charge in [-0.1, -0.05) is 0 Å². The van der Waals surface area contributed by atoms with Crippen LogP contribution in [0.15, 0.2) is 4.99 Å². The van der Waals surface area contributed by atoms with Crippen molar-refractivity contribution in [1.82, 2.24) is 14.5 Å². The highest BCUT2D eigenvalue weighted by molar-refractivity contribution is 14.0. The van der Waals surface area contributed by atoms with Crippen LogP contribution in [0.2, 0.25) is 0 Å². The number of sulfonamides is 1. The molecule has 0 unspecified atom stereocenters. The highest BCUT2D eigenvalue weighted by Crippen LogP contribution is 2.28. The molecule has 2 aliphatic rings. The van der Waals surface area contributed by atoms with Gasteiger partial charge in [-0.3, -0.25) is 4.99 Å². The van der Waals surface area contributed by atoms with Crippen molar-refractivity contribution >= 4 is 40.0 Å². The molecular formula is C16H33IN4O3S. The van der Waals surface area contributed by atoms with Crippen LogP contribution in [0.1, 0.15) is 25.7 Å². The number of likely N-dealkylation sites (N-methyl/N-ethyl adjacent to an activating group) is 1. The second-order valence-corrected chi connectivity index (χ2v) is 8.96. The molecule has 0 aromatic rings. The Hall–Kier alpha value is -0.130. The summed E-state index contributed by atoms with van der Waals surface area (Å²) in [5.41, 5.74) is 0. The first-order valence-corrected chi connectivity index (χ1v) is 10.7. The van der Waals surface area contributed by atoms with Crippen molar-refractivity contribution in [3.8, 4) is 0 Å². The summed E-state index contributed by atoms with van der Waals surface area (Å²) in [4.78, 5) is 6.40. The minimum Gasteiger partial charge on any atom is -0.379 e. The number of hydrogen-bond donors (Lipinski definition) is 1. The fraction of sp³-hybridized carbons (Fsp3) is 0.938. The minimum atomic E-state index is -3.05. The predicted molar refractivity (Wildman–Crippen MR) is 112 cm³/mol. The van der Waals surface area contributed by atoms with Crippen molar-refractivity contribution in [2.45, 2.75) is 25.7 Å². The molecule has 1 saturated heterocycles. The molecule has 0 amide bonds. The molecule has 1 saturated carbocycles. The molecule has 148 valence electrons. The Kier molecular flexibility index (Phi) is 9.97. The van der Waals surface area contributed by atoms with Crippen LogP contribution in [0.25, 0.3) is 0 Å². The minimum absolute atomic E-state index is 0. The van der Waals surface area contributed by atoms with Gasteiger partial charge >= 0.3 is 0 Å². The lowest BCUT2D eigenvalue weighted by Gasteiger charge is -2.31. The van der Waals surface area contributed by atoms with Gasteiger partial charge in [-0.2, -0.15) is 0 Å². The molecule has 0 atom stereocenters. The lowest BCUT2D eigenvalue weighted by Crippen LogP contribution is -2.45. The maximum atomic E-state index is 11.5. The lowest BCUT2D eigenvalue weighted by molar-refractivity contribution is 0.115. The standard InChI is InChI=1S/C16H32N4O3S.HI/c1-17-16(19(2)10-11-23-13-15-4-5-15)18-12-14-6-8-20(9-7-14)24(3,21)22;/h14-15H,4-13H2,1-3H3,(H,17,18);1H. The van der Waals surface area contributed by atoms with Gasteiger partial charge in [0.1, 0.15) is 0 Å². The lowest BCUT2D eigenvalue weighted by atomic mass is 9.98. The van der Waals surface area contributed by atoms with Crippen LogP contribution in [0.5, 0.6) is 0 Å². The van der Waals surface area contributed by atoms with Crippen LogP contribution in [0, 0.1) is 11.8 Å². The Labute approximate surface area is 169 Å². The summed E-state index contributed by atoms with van der Waals surface area (Å²) in [5.74, 6) is 2.15. The SMILES string of the molecule is CN=C(NCC1CCN(S(C)(=O)=O)CC1)N(C)CCOCC1CC1.I. The summed E-state index contributed by atoms with van der Waals surface area (Å²) < 4.78 is 30.3. The number of aliphatic imine (C=N–C) groups is 1. The largest absolute Gasteiger partial charge is 0.379 e. The molecule has 1 heterocycles. The Bertz CT molecular complexity index is 517. The number of nitrogens with zero attached hydrogens (tertiary/aromatic N) is 3. The Morgan fingerprint density at radius 1 is 1.24 bits per heavy atom. The zero-order valence-electron chi connectivity index (χ0n) is 15.6. The van der Waals surface area contributed by atoms with Crippen LogP contribution in [0.3, 0.4) is 0 Å². The fourth-order valence-electron chi connectivity index (χ4n) is 2.91. The van der Waals surface area contributed by atoms with Gasteiger partial charge in [-0.05, 0) is 37.5 Å². The first kappa shape index (κ1) is 22.9. The molecule has 25 heavy (non-hydrogen) atoms. The number of piperidine rings is 1. The number of rotatable bonds is 8. The van der Waals surface area contributed by atoms with E-state index in [1.165, 1.54) is 19.1 Å². The second kappa shape index (κ2) is 10.9. The van der Waals surface area contributed by atoms with Gasteiger partial charge in [0, 0.05) is 46.9 Å². The van der Waals surface area contributed by atoms with Crippen molar-refractivity contribution in [3.63, 3.8) is 0 Å². The fourth-order valence-corrected chi connectivity index (χ4v) is 3.78. The summed E-state index contributed by atoms with van der Waals surface area (Å²) >= 11 is 0. The molecule has 0 radical (unpaired) electrons. The monoisotopic (exact) mass is 488 g/mol. The molecule has 1 N–H and O–H groups in total. The molecule has 9 heteroatoms. The Balaban J connectivity index is 0.00000312. The van der Waals surface area contributed by atoms with E-state index in [0.29, 0.717) is 19.0 Å². The molecule has 1 aliphatic carbocycles. The third kappa shape index (κ3) is 8.40. The highest BCUT2D eigenvalue weighted by atomic mass is 127. The van der Waals surface area contributed by atoms with E-state index in [1.54, 1.807) is 11.4 Å². The summed E-state index contributed by atoms with van der Waals surface area (Å²) in [5, 5.41) is 3.41. The first-order valence-electron chi connectivity index (χ1n) is 8.84. The predicted octanol–water partition coefficient (Wildman–Crippen LogP) is 1.21. The Morgan fingerprint density at radius 2 is 1.88 bits per heavy atom. The van der Waals surface area contributed by atoms with Crippen molar-refractivity contribution in [2.24, 2.45) is 16.8 Å². The summed E-state index contributed by atoms with van der Waals surface area (Å²) in [6, 6.07) is 0. The van der Waals surface area contributed by atoms with Crippen molar-refractivity contribution < 1.29 is 13.2 Å². The summed E-state index contributed by atoms with van der Waals surface area (Å²) in [6.07, 6.45) is 5.71. The smallest absolute Gasteiger partial charge is 0.211 e. The second-order valence-electron chi connectivity index (χ2n) is 6.97. The number of nitrogens with one attached hydrogen (secondary N) is 1. The van der Waals surface area contributed by atoms with Crippen LogP contribution in [0.4, 0.5) is 0 Å². The van der Waals surface area contributed by atoms with E-state index in [9.17, 15) is 8.42 Å². The van der Waals surface area contributed by atoms with Gasteiger partial charge in [0.25, 0.3) is 0 Å².